The van der Waals surface area contributed by atoms with Crippen LogP contribution >= 0.6 is 11.3 Å². The minimum absolute atomic E-state index is 0.234. The third kappa shape index (κ3) is 2.86. The molecule has 0 atom stereocenters. The normalized spacial score (nSPS) is 10.6. The van der Waals surface area contributed by atoms with E-state index in [9.17, 15) is 4.39 Å². The smallest absolute Gasteiger partial charge is 0.190 e. The highest BCUT2D eigenvalue weighted by Gasteiger charge is 2.15. The number of nitrogens with two attached hydrogens (primary N) is 1. The molecule has 3 nitrogen and oxygen atoms in total. The molecule has 2 aromatic rings. The number of halogens is 1. The molecule has 2 N–H and O–H groups in total. The summed E-state index contributed by atoms with van der Waals surface area (Å²) in [4.78, 5) is 6.31. The maximum atomic E-state index is 13.9. The van der Waals surface area contributed by atoms with Gasteiger partial charge in [-0.1, -0.05) is 12.1 Å². The van der Waals surface area contributed by atoms with Gasteiger partial charge in [0, 0.05) is 11.9 Å². The molecule has 0 unspecified atom stereocenters. The lowest BCUT2D eigenvalue weighted by atomic mass is 10.2. The Bertz CT molecular complexity index is 512. The number of anilines is 2. The zero-order valence-corrected chi connectivity index (χ0v) is 11.1. The van der Waals surface area contributed by atoms with E-state index in [0.29, 0.717) is 18.8 Å². The van der Waals surface area contributed by atoms with Gasteiger partial charge < -0.3 is 10.6 Å². The van der Waals surface area contributed by atoms with Crippen LogP contribution in [0.1, 0.15) is 12.1 Å². The van der Waals surface area contributed by atoms with Crippen LogP contribution in [0.2, 0.25) is 0 Å². The first kappa shape index (κ1) is 13.0. The largest absolute Gasteiger partial charge is 0.330 e. The predicted molar refractivity (Wildman–Crippen MR) is 73.9 cm³/mol. The number of rotatable bonds is 5. The summed E-state index contributed by atoms with van der Waals surface area (Å²) in [5.41, 5.74) is 7.04. The highest BCUT2D eigenvalue weighted by atomic mass is 32.1. The summed E-state index contributed by atoms with van der Waals surface area (Å²) in [6, 6.07) is 6.75. The average molecular weight is 265 g/mol. The van der Waals surface area contributed by atoms with Gasteiger partial charge in [0.2, 0.25) is 0 Å². The highest BCUT2D eigenvalue weighted by Crippen LogP contribution is 2.30. The van der Waals surface area contributed by atoms with Crippen LogP contribution in [0, 0.1) is 12.7 Å². The Morgan fingerprint density at radius 2 is 2.17 bits per heavy atom. The van der Waals surface area contributed by atoms with Gasteiger partial charge in [0.25, 0.3) is 0 Å². The number of thiazole rings is 1. The predicted octanol–water partition coefficient (Wildman–Crippen LogP) is 3.08. The lowest BCUT2D eigenvalue weighted by Crippen LogP contribution is -2.21. The van der Waals surface area contributed by atoms with Crippen molar-refractivity contribution in [3.8, 4) is 0 Å². The maximum Gasteiger partial charge on any atom is 0.190 e. The Kier molecular flexibility index (Phi) is 4.28. The molecule has 0 spiro atoms. The standard InChI is InChI=1S/C13H16FN3S/c1-10-9-18-13(16-10)17(8-4-7-15)12-6-3-2-5-11(12)14/h2-3,5-6,9H,4,7-8,15H2,1H3. The summed E-state index contributed by atoms with van der Waals surface area (Å²) in [5, 5.41) is 2.78. The van der Waals surface area contributed by atoms with Crippen LogP contribution in [-0.4, -0.2) is 18.1 Å². The van der Waals surface area contributed by atoms with Gasteiger partial charge in [-0.25, -0.2) is 9.37 Å². The van der Waals surface area contributed by atoms with Gasteiger partial charge >= 0.3 is 0 Å². The quantitative estimate of drug-likeness (QED) is 0.903. The summed E-state index contributed by atoms with van der Waals surface area (Å²) in [7, 11) is 0. The van der Waals surface area contributed by atoms with E-state index in [0.717, 1.165) is 17.2 Å². The summed E-state index contributed by atoms with van der Waals surface area (Å²) in [6.45, 7) is 3.18. The number of aryl methyl sites for hydroxylation is 1. The van der Waals surface area contributed by atoms with Gasteiger partial charge in [-0.05, 0) is 32.0 Å². The molecule has 0 aliphatic rings. The molecule has 0 bridgehead atoms. The molecule has 0 saturated heterocycles. The first-order valence-electron chi connectivity index (χ1n) is 5.86. The van der Waals surface area contributed by atoms with Crippen LogP contribution < -0.4 is 10.6 Å². The number of hydrogen-bond donors (Lipinski definition) is 1. The van der Waals surface area contributed by atoms with Crippen LogP contribution in [0.3, 0.4) is 0 Å². The highest BCUT2D eigenvalue weighted by molar-refractivity contribution is 7.13. The van der Waals surface area contributed by atoms with Gasteiger partial charge in [0.05, 0.1) is 11.4 Å². The molecule has 2 rings (SSSR count). The van der Waals surface area contributed by atoms with Crippen molar-refractivity contribution in [2.24, 2.45) is 5.73 Å². The van der Waals surface area contributed by atoms with E-state index in [-0.39, 0.29) is 5.82 Å². The molecule has 0 aliphatic carbocycles. The first-order chi connectivity index (χ1) is 8.72. The van der Waals surface area contributed by atoms with Crippen molar-refractivity contribution in [3.63, 3.8) is 0 Å². The van der Waals surface area contributed by atoms with Gasteiger partial charge in [0.15, 0.2) is 5.13 Å². The summed E-state index contributed by atoms with van der Waals surface area (Å²) in [5.74, 6) is -0.234. The molecule has 1 aromatic heterocycles. The summed E-state index contributed by atoms with van der Waals surface area (Å²) in [6.07, 6.45) is 0.799. The zero-order valence-electron chi connectivity index (χ0n) is 10.3. The van der Waals surface area contributed by atoms with E-state index in [1.165, 1.54) is 17.4 Å². The first-order valence-corrected chi connectivity index (χ1v) is 6.74. The third-order valence-corrected chi connectivity index (χ3v) is 3.55. The molecular formula is C13H16FN3S. The van der Waals surface area contributed by atoms with E-state index in [1.807, 2.05) is 23.3 Å². The fraction of sp³-hybridized carbons (Fsp3) is 0.308. The second-order valence-electron chi connectivity index (χ2n) is 4.02. The molecule has 0 amide bonds. The van der Waals surface area contributed by atoms with E-state index < -0.39 is 0 Å². The number of hydrogen-bond acceptors (Lipinski definition) is 4. The van der Waals surface area contributed by atoms with Crippen LogP contribution in [0.5, 0.6) is 0 Å². The minimum atomic E-state index is -0.234. The molecular weight excluding hydrogens is 249 g/mol. The molecule has 0 aliphatic heterocycles. The fourth-order valence-electron chi connectivity index (χ4n) is 1.70. The van der Waals surface area contributed by atoms with Crippen molar-refractivity contribution in [2.75, 3.05) is 18.0 Å². The average Bonchev–Trinajstić information content (AvgIpc) is 2.78. The maximum absolute atomic E-state index is 13.9. The van der Waals surface area contributed by atoms with E-state index in [2.05, 4.69) is 4.98 Å². The molecule has 96 valence electrons. The van der Waals surface area contributed by atoms with Crippen molar-refractivity contribution in [2.45, 2.75) is 13.3 Å². The van der Waals surface area contributed by atoms with E-state index in [4.69, 9.17) is 5.73 Å². The minimum Gasteiger partial charge on any atom is -0.330 e. The second kappa shape index (κ2) is 5.93. The van der Waals surface area contributed by atoms with Gasteiger partial charge in [-0.2, -0.15) is 0 Å². The molecule has 18 heavy (non-hydrogen) atoms. The summed E-state index contributed by atoms with van der Waals surface area (Å²) >= 11 is 1.52. The SMILES string of the molecule is Cc1csc(N(CCCN)c2ccccc2F)n1. The van der Waals surface area contributed by atoms with Crippen LogP contribution in [0.15, 0.2) is 29.6 Å². The van der Waals surface area contributed by atoms with Crippen molar-refractivity contribution in [3.05, 3.63) is 41.2 Å². The molecule has 1 heterocycles. The molecule has 1 aromatic carbocycles. The Morgan fingerprint density at radius 3 is 2.78 bits per heavy atom. The van der Waals surface area contributed by atoms with Crippen molar-refractivity contribution in [1.29, 1.82) is 0 Å². The zero-order chi connectivity index (χ0) is 13.0. The Morgan fingerprint density at radius 1 is 1.39 bits per heavy atom. The number of benzene rings is 1. The topological polar surface area (TPSA) is 42.1 Å². The van der Waals surface area contributed by atoms with Crippen molar-refractivity contribution >= 4 is 22.2 Å². The van der Waals surface area contributed by atoms with Crippen LogP contribution in [0.4, 0.5) is 15.2 Å². The molecule has 5 heteroatoms. The van der Waals surface area contributed by atoms with Gasteiger partial charge in [-0.3, -0.25) is 0 Å². The third-order valence-electron chi connectivity index (χ3n) is 2.57. The number of nitrogens with zero attached hydrogens (tertiary/aromatic N) is 2. The number of para-hydroxylation sites is 1. The van der Waals surface area contributed by atoms with Crippen LogP contribution in [0.25, 0.3) is 0 Å². The van der Waals surface area contributed by atoms with E-state index >= 15 is 0 Å². The Labute approximate surface area is 110 Å². The molecule has 0 saturated carbocycles. The Balaban J connectivity index is 2.33. The van der Waals surface area contributed by atoms with Crippen molar-refractivity contribution in [1.82, 2.24) is 4.98 Å². The fourth-order valence-corrected chi connectivity index (χ4v) is 2.55. The van der Waals surface area contributed by atoms with Gasteiger partial charge in [-0.15, -0.1) is 11.3 Å². The second-order valence-corrected chi connectivity index (χ2v) is 4.85. The van der Waals surface area contributed by atoms with Gasteiger partial charge in [0.1, 0.15) is 5.82 Å². The number of aromatic nitrogens is 1. The molecule has 0 radical (unpaired) electrons. The Hall–Kier alpha value is -1.46. The lowest BCUT2D eigenvalue weighted by molar-refractivity contribution is 0.623. The summed E-state index contributed by atoms with van der Waals surface area (Å²) < 4.78 is 13.9. The monoisotopic (exact) mass is 265 g/mol. The molecule has 0 fully saturated rings. The van der Waals surface area contributed by atoms with Crippen LogP contribution in [-0.2, 0) is 0 Å². The van der Waals surface area contributed by atoms with E-state index in [1.54, 1.807) is 12.1 Å². The van der Waals surface area contributed by atoms with Crippen molar-refractivity contribution < 1.29 is 4.39 Å². The lowest BCUT2D eigenvalue weighted by Gasteiger charge is -2.22.